The lowest BCUT2D eigenvalue weighted by atomic mass is 9.97. The second-order valence-electron chi connectivity index (χ2n) is 8.65. The average molecular weight is 501 g/mol. The molecular weight excluding hydrogens is 473 g/mol. The Morgan fingerprint density at radius 1 is 0.811 bits per heavy atom. The third-order valence-electron chi connectivity index (χ3n) is 6.03. The summed E-state index contributed by atoms with van der Waals surface area (Å²) in [4.78, 5) is 0. The van der Waals surface area contributed by atoms with E-state index in [0.717, 1.165) is 5.56 Å². The Morgan fingerprint density at radius 2 is 1.41 bits per heavy atom. The van der Waals surface area contributed by atoms with Gasteiger partial charge in [-0.2, -0.15) is 0 Å². The molecule has 0 radical (unpaired) electrons. The van der Waals surface area contributed by atoms with Gasteiger partial charge < -0.3 is 9.84 Å². The van der Waals surface area contributed by atoms with Crippen LogP contribution in [0.4, 0.5) is 13.2 Å². The van der Waals surface area contributed by atoms with Gasteiger partial charge in [0.2, 0.25) is 0 Å². The largest absolute Gasteiger partial charge is 0.493 e. The standard InChI is InChI=1S/C32H27F3O2/c1-3-4-19-37-27-16-15-26(30(33)20-27)10-7-22-5-8-24(9-6-22)28-17-18-29(32(35)31(28)34)25-13-11-23(12-14-25)21(2)36/h3,5-18,20-21,36H,1,4,19H2,2H3/b10-7+. The first kappa shape index (κ1) is 26.0. The van der Waals surface area contributed by atoms with E-state index in [0.29, 0.717) is 41.0 Å². The number of ether oxygens (including phenoxy) is 1. The van der Waals surface area contributed by atoms with Crippen molar-refractivity contribution in [3.63, 3.8) is 0 Å². The minimum absolute atomic E-state index is 0.149. The number of halogens is 3. The number of aliphatic hydroxyl groups excluding tert-OH is 1. The van der Waals surface area contributed by atoms with E-state index in [4.69, 9.17) is 4.74 Å². The van der Waals surface area contributed by atoms with E-state index in [-0.39, 0.29) is 11.1 Å². The van der Waals surface area contributed by atoms with Crippen LogP contribution < -0.4 is 4.74 Å². The van der Waals surface area contributed by atoms with Crippen molar-refractivity contribution in [2.75, 3.05) is 6.61 Å². The maximum atomic E-state index is 15.0. The summed E-state index contributed by atoms with van der Waals surface area (Å²) in [5, 5.41) is 9.65. The van der Waals surface area contributed by atoms with Crippen LogP contribution in [0.5, 0.6) is 5.75 Å². The molecule has 188 valence electrons. The summed E-state index contributed by atoms with van der Waals surface area (Å²) >= 11 is 0. The number of hydrogen-bond acceptors (Lipinski definition) is 2. The van der Waals surface area contributed by atoms with Crippen LogP contribution in [0, 0.1) is 17.5 Å². The Labute approximate surface area is 215 Å². The summed E-state index contributed by atoms with van der Waals surface area (Å²) in [7, 11) is 0. The van der Waals surface area contributed by atoms with Gasteiger partial charge in [-0.15, -0.1) is 6.58 Å². The number of aliphatic hydroxyl groups is 1. The van der Waals surface area contributed by atoms with Gasteiger partial charge in [0, 0.05) is 22.8 Å². The quantitative estimate of drug-likeness (QED) is 0.142. The van der Waals surface area contributed by atoms with Crippen molar-refractivity contribution >= 4 is 12.2 Å². The van der Waals surface area contributed by atoms with E-state index in [1.54, 1.807) is 97.9 Å². The van der Waals surface area contributed by atoms with Crippen LogP contribution in [-0.2, 0) is 0 Å². The van der Waals surface area contributed by atoms with Crippen LogP contribution in [0.15, 0.2) is 91.5 Å². The smallest absolute Gasteiger partial charge is 0.167 e. The van der Waals surface area contributed by atoms with Gasteiger partial charge in [-0.1, -0.05) is 78.9 Å². The molecular formula is C32H27F3O2. The summed E-state index contributed by atoms with van der Waals surface area (Å²) < 4.78 is 49.8. The number of hydrogen-bond donors (Lipinski definition) is 1. The predicted molar refractivity (Wildman–Crippen MR) is 144 cm³/mol. The van der Waals surface area contributed by atoms with Gasteiger partial charge in [0.15, 0.2) is 11.6 Å². The van der Waals surface area contributed by atoms with Gasteiger partial charge >= 0.3 is 0 Å². The first-order valence-electron chi connectivity index (χ1n) is 12.0. The van der Waals surface area contributed by atoms with Crippen molar-refractivity contribution in [2.45, 2.75) is 19.4 Å². The summed E-state index contributed by atoms with van der Waals surface area (Å²) in [6.07, 6.45) is 5.17. The molecule has 4 rings (SSSR count). The molecule has 0 bridgehead atoms. The van der Waals surface area contributed by atoms with Crippen molar-refractivity contribution in [2.24, 2.45) is 0 Å². The molecule has 0 aromatic heterocycles. The molecule has 0 amide bonds. The van der Waals surface area contributed by atoms with Crippen molar-refractivity contribution in [3.8, 4) is 28.0 Å². The molecule has 4 aromatic rings. The molecule has 1 atom stereocenters. The molecule has 0 aliphatic carbocycles. The molecule has 0 spiro atoms. The Morgan fingerprint density at radius 3 is 1.95 bits per heavy atom. The lowest BCUT2D eigenvalue weighted by Gasteiger charge is -2.11. The number of benzene rings is 4. The van der Waals surface area contributed by atoms with Crippen LogP contribution in [0.2, 0.25) is 0 Å². The molecule has 0 saturated heterocycles. The first-order chi connectivity index (χ1) is 17.9. The van der Waals surface area contributed by atoms with Crippen molar-refractivity contribution in [3.05, 3.63) is 126 Å². The highest BCUT2D eigenvalue weighted by Gasteiger charge is 2.16. The van der Waals surface area contributed by atoms with E-state index in [1.165, 1.54) is 6.07 Å². The summed E-state index contributed by atoms with van der Waals surface area (Å²) in [5.41, 5.74) is 3.24. The summed E-state index contributed by atoms with van der Waals surface area (Å²) in [5.74, 6) is -1.81. The Hall–Kier alpha value is -4.09. The van der Waals surface area contributed by atoms with Crippen LogP contribution >= 0.6 is 0 Å². The van der Waals surface area contributed by atoms with E-state index < -0.39 is 23.6 Å². The summed E-state index contributed by atoms with van der Waals surface area (Å²) in [6, 6.07) is 21.4. The highest BCUT2D eigenvalue weighted by atomic mass is 19.2. The zero-order valence-electron chi connectivity index (χ0n) is 20.4. The van der Waals surface area contributed by atoms with E-state index in [1.807, 2.05) is 0 Å². The fourth-order valence-electron chi connectivity index (χ4n) is 3.89. The summed E-state index contributed by atoms with van der Waals surface area (Å²) in [6.45, 7) is 5.71. The lowest BCUT2D eigenvalue weighted by molar-refractivity contribution is 0.199. The van der Waals surface area contributed by atoms with Gasteiger partial charge in [0.05, 0.1) is 12.7 Å². The van der Waals surface area contributed by atoms with Gasteiger partial charge in [-0.05, 0) is 47.7 Å². The first-order valence-corrected chi connectivity index (χ1v) is 12.0. The minimum atomic E-state index is -0.933. The van der Waals surface area contributed by atoms with E-state index in [2.05, 4.69) is 6.58 Å². The van der Waals surface area contributed by atoms with Gasteiger partial charge in [0.25, 0.3) is 0 Å². The molecule has 0 saturated carbocycles. The SMILES string of the molecule is C=CCCOc1ccc(/C=C/c2ccc(-c3ccc(-c4ccc(C(C)O)cc4)c(F)c3F)cc2)c(F)c1. The highest BCUT2D eigenvalue weighted by molar-refractivity contribution is 5.75. The average Bonchev–Trinajstić information content (AvgIpc) is 2.90. The zero-order chi connectivity index (χ0) is 26.4. The third-order valence-corrected chi connectivity index (χ3v) is 6.03. The minimum Gasteiger partial charge on any atom is -0.493 e. The Kier molecular flexibility index (Phi) is 8.26. The van der Waals surface area contributed by atoms with Crippen LogP contribution in [0.25, 0.3) is 34.4 Å². The molecule has 0 aliphatic heterocycles. The molecule has 0 aliphatic rings. The molecule has 0 heterocycles. The maximum absolute atomic E-state index is 15.0. The molecule has 37 heavy (non-hydrogen) atoms. The maximum Gasteiger partial charge on any atom is 0.167 e. The molecule has 1 unspecified atom stereocenters. The lowest BCUT2D eigenvalue weighted by Crippen LogP contribution is -1.96. The Bertz CT molecular complexity index is 1410. The fourth-order valence-corrected chi connectivity index (χ4v) is 3.89. The van der Waals surface area contributed by atoms with Crippen molar-refractivity contribution in [1.82, 2.24) is 0 Å². The zero-order valence-corrected chi connectivity index (χ0v) is 20.4. The van der Waals surface area contributed by atoms with Crippen molar-refractivity contribution < 1.29 is 23.0 Å². The molecule has 1 N–H and O–H groups in total. The molecule has 5 heteroatoms. The van der Waals surface area contributed by atoms with E-state index >= 15 is 4.39 Å². The second kappa shape index (κ2) is 11.8. The Balaban J connectivity index is 1.49. The van der Waals surface area contributed by atoms with Gasteiger partial charge in [0.1, 0.15) is 11.6 Å². The van der Waals surface area contributed by atoms with Gasteiger partial charge in [-0.25, -0.2) is 13.2 Å². The third kappa shape index (κ3) is 6.19. The highest BCUT2D eigenvalue weighted by Crippen LogP contribution is 2.32. The molecule has 4 aromatic carbocycles. The molecule has 0 fully saturated rings. The van der Waals surface area contributed by atoms with Crippen LogP contribution in [-0.4, -0.2) is 11.7 Å². The van der Waals surface area contributed by atoms with Crippen molar-refractivity contribution in [1.29, 1.82) is 0 Å². The predicted octanol–water partition coefficient (Wildman–Crippen LogP) is 8.62. The van der Waals surface area contributed by atoms with Crippen LogP contribution in [0.1, 0.15) is 36.1 Å². The monoisotopic (exact) mass is 500 g/mol. The fraction of sp³-hybridized carbons (Fsp3) is 0.125. The van der Waals surface area contributed by atoms with Gasteiger partial charge in [-0.3, -0.25) is 0 Å². The van der Waals surface area contributed by atoms with E-state index in [9.17, 15) is 13.9 Å². The second-order valence-corrected chi connectivity index (χ2v) is 8.65. The number of rotatable bonds is 9. The normalized spacial score (nSPS) is 12.0. The van der Waals surface area contributed by atoms with Crippen LogP contribution in [0.3, 0.4) is 0 Å². The topological polar surface area (TPSA) is 29.5 Å². The molecule has 2 nitrogen and oxygen atoms in total.